The minimum atomic E-state index is 0.103. The van der Waals surface area contributed by atoms with Crippen LogP contribution in [0.15, 0.2) is 84.9 Å². The molecule has 4 nitrogen and oxygen atoms in total. The Morgan fingerprint density at radius 1 is 0.714 bits per heavy atom. The predicted octanol–water partition coefficient (Wildman–Crippen LogP) is 5.41. The maximum absolute atomic E-state index is 6.03. The molecule has 3 rings (SSSR count). The van der Waals surface area contributed by atoms with E-state index in [9.17, 15) is 0 Å². The fraction of sp³-hybridized carbons (Fsp3) is 0.250. The lowest BCUT2D eigenvalue weighted by molar-refractivity contribution is 0.210. The van der Waals surface area contributed by atoms with Gasteiger partial charge in [-0.25, -0.2) is 0 Å². The quantitative estimate of drug-likeness (QED) is 0.453. The first-order chi connectivity index (χ1) is 13.8. The summed E-state index contributed by atoms with van der Waals surface area (Å²) in [4.78, 5) is 0. The van der Waals surface area contributed by atoms with Gasteiger partial charge >= 0.3 is 0 Å². The van der Waals surface area contributed by atoms with E-state index in [4.69, 9.17) is 14.2 Å². The molecule has 0 radical (unpaired) electrons. The maximum atomic E-state index is 6.03. The van der Waals surface area contributed by atoms with E-state index in [1.54, 1.807) is 0 Å². The summed E-state index contributed by atoms with van der Waals surface area (Å²) >= 11 is 0. The van der Waals surface area contributed by atoms with Crippen LogP contribution in [0.3, 0.4) is 0 Å². The molecule has 3 aromatic rings. The molecule has 0 spiro atoms. The van der Waals surface area contributed by atoms with Gasteiger partial charge in [0.2, 0.25) is 0 Å². The van der Waals surface area contributed by atoms with Crippen molar-refractivity contribution in [3.8, 4) is 17.2 Å². The molecule has 0 saturated heterocycles. The Kier molecular flexibility index (Phi) is 7.62. The number of anilines is 1. The molecule has 4 heteroatoms. The highest BCUT2D eigenvalue weighted by Crippen LogP contribution is 2.19. The lowest BCUT2D eigenvalue weighted by atomic mass is 10.2. The summed E-state index contributed by atoms with van der Waals surface area (Å²) in [5.74, 6) is 2.57. The van der Waals surface area contributed by atoms with Crippen LogP contribution in [0.2, 0.25) is 0 Å². The van der Waals surface area contributed by atoms with Crippen LogP contribution in [0.1, 0.15) is 13.3 Å². The van der Waals surface area contributed by atoms with Crippen molar-refractivity contribution in [2.45, 2.75) is 19.4 Å². The van der Waals surface area contributed by atoms with E-state index in [2.05, 4.69) is 12.2 Å². The molecule has 1 atom stereocenters. The van der Waals surface area contributed by atoms with Crippen LogP contribution in [-0.4, -0.2) is 25.9 Å². The molecule has 146 valence electrons. The van der Waals surface area contributed by atoms with E-state index >= 15 is 0 Å². The van der Waals surface area contributed by atoms with Crippen LogP contribution < -0.4 is 19.5 Å². The van der Waals surface area contributed by atoms with Crippen molar-refractivity contribution in [1.82, 2.24) is 0 Å². The molecule has 1 unspecified atom stereocenters. The van der Waals surface area contributed by atoms with Gasteiger partial charge in [-0.2, -0.15) is 0 Å². The molecule has 1 N–H and O–H groups in total. The van der Waals surface area contributed by atoms with Gasteiger partial charge in [0.15, 0.2) is 0 Å². The maximum Gasteiger partial charge on any atom is 0.122 e. The van der Waals surface area contributed by atoms with Gasteiger partial charge in [-0.15, -0.1) is 0 Å². The van der Waals surface area contributed by atoms with Crippen molar-refractivity contribution < 1.29 is 14.2 Å². The van der Waals surface area contributed by atoms with E-state index in [0.717, 1.165) is 35.9 Å². The molecular weight excluding hydrogens is 350 g/mol. The van der Waals surface area contributed by atoms with E-state index < -0.39 is 0 Å². The monoisotopic (exact) mass is 377 g/mol. The number of rotatable bonds is 11. The Labute approximate surface area is 167 Å². The molecule has 28 heavy (non-hydrogen) atoms. The average Bonchev–Trinajstić information content (AvgIpc) is 2.76. The zero-order chi connectivity index (χ0) is 19.4. The average molecular weight is 377 g/mol. The third kappa shape index (κ3) is 6.54. The fourth-order valence-corrected chi connectivity index (χ4v) is 2.72. The number of hydrogen-bond donors (Lipinski definition) is 1. The molecule has 0 saturated carbocycles. The zero-order valence-electron chi connectivity index (χ0n) is 16.2. The highest BCUT2D eigenvalue weighted by molar-refractivity contribution is 5.48. The lowest BCUT2D eigenvalue weighted by Crippen LogP contribution is -2.25. The van der Waals surface area contributed by atoms with Gasteiger partial charge in [-0.1, -0.05) is 49.4 Å². The summed E-state index contributed by atoms with van der Waals surface area (Å²) in [7, 11) is 0. The molecule has 0 aliphatic heterocycles. The zero-order valence-corrected chi connectivity index (χ0v) is 16.2. The van der Waals surface area contributed by atoms with Crippen molar-refractivity contribution in [2.24, 2.45) is 0 Å². The van der Waals surface area contributed by atoms with Crippen molar-refractivity contribution in [1.29, 1.82) is 0 Å². The van der Waals surface area contributed by atoms with E-state index in [1.165, 1.54) is 0 Å². The number of ether oxygens (including phenoxy) is 3. The Balaban J connectivity index is 1.43. The molecule has 0 heterocycles. The number of benzene rings is 3. The van der Waals surface area contributed by atoms with Gasteiger partial charge in [0.1, 0.15) is 36.6 Å². The molecular formula is C24H27NO3. The Hall–Kier alpha value is -3.14. The summed E-state index contributed by atoms with van der Waals surface area (Å²) in [6, 6.07) is 27.6. The molecule has 0 aliphatic rings. The third-order valence-electron chi connectivity index (χ3n) is 4.23. The van der Waals surface area contributed by atoms with E-state index in [-0.39, 0.29) is 6.10 Å². The Bertz CT molecular complexity index is 808. The first-order valence-electron chi connectivity index (χ1n) is 9.70. The van der Waals surface area contributed by atoms with Crippen LogP contribution in [0.4, 0.5) is 5.69 Å². The summed E-state index contributed by atoms with van der Waals surface area (Å²) < 4.78 is 17.5. The topological polar surface area (TPSA) is 39.7 Å². The SMILES string of the molecule is CCC(CNc1cccc(OCCOc2ccccc2)c1)Oc1ccccc1. The molecule has 0 fully saturated rings. The van der Waals surface area contributed by atoms with Crippen LogP contribution >= 0.6 is 0 Å². The van der Waals surface area contributed by atoms with Gasteiger partial charge in [0, 0.05) is 11.8 Å². The summed E-state index contributed by atoms with van der Waals surface area (Å²) in [6.45, 7) is 3.85. The van der Waals surface area contributed by atoms with E-state index in [1.807, 2.05) is 84.9 Å². The van der Waals surface area contributed by atoms with Crippen LogP contribution in [0.5, 0.6) is 17.2 Å². The smallest absolute Gasteiger partial charge is 0.122 e. The van der Waals surface area contributed by atoms with Gasteiger partial charge < -0.3 is 19.5 Å². The first kappa shape index (κ1) is 19.6. The second kappa shape index (κ2) is 10.9. The van der Waals surface area contributed by atoms with Crippen molar-refractivity contribution >= 4 is 5.69 Å². The van der Waals surface area contributed by atoms with Crippen LogP contribution in [0.25, 0.3) is 0 Å². The Morgan fingerprint density at radius 2 is 1.32 bits per heavy atom. The van der Waals surface area contributed by atoms with Crippen molar-refractivity contribution in [3.05, 3.63) is 84.9 Å². The van der Waals surface area contributed by atoms with E-state index in [0.29, 0.717) is 13.2 Å². The predicted molar refractivity (Wildman–Crippen MR) is 114 cm³/mol. The lowest BCUT2D eigenvalue weighted by Gasteiger charge is -2.19. The normalized spacial score (nSPS) is 11.5. The Morgan fingerprint density at radius 3 is 2.00 bits per heavy atom. The first-order valence-corrected chi connectivity index (χ1v) is 9.70. The standard InChI is InChI=1S/C24H27NO3/c1-2-21(28-23-13-7-4-8-14-23)19-25-20-10-9-15-24(18-20)27-17-16-26-22-11-5-3-6-12-22/h3-15,18,21,25H,2,16-17,19H2,1H3. The largest absolute Gasteiger partial charge is 0.490 e. The second-order valence-electron chi connectivity index (χ2n) is 6.38. The second-order valence-corrected chi connectivity index (χ2v) is 6.38. The molecule has 0 amide bonds. The van der Waals surface area contributed by atoms with Crippen LogP contribution in [-0.2, 0) is 0 Å². The molecule has 0 aromatic heterocycles. The van der Waals surface area contributed by atoms with Gasteiger partial charge in [-0.05, 0) is 42.8 Å². The minimum Gasteiger partial charge on any atom is -0.490 e. The number of hydrogen-bond acceptors (Lipinski definition) is 4. The van der Waals surface area contributed by atoms with Gasteiger partial charge in [0.25, 0.3) is 0 Å². The number of para-hydroxylation sites is 2. The summed E-state index contributed by atoms with van der Waals surface area (Å²) in [5.41, 5.74) is 1.01. The molecule has 3 aromatic carbocycles. The summed E-state index contributed by atoms with van der Waals surface area (Å²) in [6.07, 6.45) is 1.03. The number of nitrogens with one attached hydrogen (secondary N) is 1. The minimum absolute atomic E-state index is 0.103. The van der Waals surface area contributed by atoms with Gasteiger partial charge in [-0.3, -0.25) is 0 Å². The fourth-order valence-electron chi connectivity index (χ4n) is 2.72. The molecule has 0 bridgehead atoms. The van der Waals surface area contributed by atoms with Crippen molar-refractivity contribution in [3.63, 3.8) is 0 Å². The highest BCUT2D eigenvalue weighted by atomic mass is 16.5. The van der Waals surface area contributed by atoms with Crippen LogP contribution in [0, 0.1) is 0 Å². The van der Waals surface area contributed by atoms with Gasteiger partial charge in [0.05, 0.1) is 6.54 Å². The van der Waals surface area contributed by atoms with Crippen molar-refractivity contribution in [2.75, 3.05) is 25.1 Å². The highest BCUT2D eigenvalue weighted by Gasteiger charge is 2.08. The third-order valence-corrected chi connectivity index (χ3v) is 4.23. The molecule has 0 aliphatic carbocycles. The summed E-state index contributed by atoms with van der Waals surface area (Å²) in [5, 5.41) is 3.44.